The number of anilines is 3. The van der Waals surface area contributed by atoms with Crippen molar-refractivity contribution >= 4 is 27.8 Å². The van der Waals surface area contributed by atoms with Crippen LogP contribution < -0.4 is 4.90 Å². The van der Waals surface area contributed by atoms with Crippen molar-refractivity contribution in [1.29, 1.82) is 0 Å². The Morgan fingerprint density at radius 3 is 1.66 bits per heavy atom. The van der Waals surface area contributed by atoms with Gasteiger partial charge in [-0.1, -0.05) is 141 Å². The molecule has 1 aliphatic rings. The molecule has 0 aromatic heterocycles. The number of rotatable bonds is 5. The molecule has 1 nitrogen and oxygen atoms in total. The van der Waals surface area contributed by atoms with Crippen LogP contribution in [0.15, 0.2) is 164 Å². The summed E-state index contributed by atoms with van der Waals surface area (Å²) in [6.07, 6.45) is 0. The van der Waals surface area contributed by atoms with E-state index in [1.165, 1.54) is 61.0 Å². The van der Waals surface area contributed by atoms with Gasteiger partial charge in [0.2, 0.25) is 0 Å². The van der Waals surface area contributed by atoms with Gasteiger partial charge in [-0.3, -0.25) is 0 Å². The van der Waals surface area contributed by atoms with Gasteiger partial charge in [-0.25, -0.2) is 0 Å². The smallest absolute Gasteiger partial charge is 0.0549 e. The van der Waals surface area contributed by atoms with Crippen molar-refractivity contribution in [1.82, 2.24) is 0 Å². The quantitative estimate of drug-likeness (QED) is 0.201. The number of benzene rings is 7. The summed E-state index contributed by atoms with van der Waals surface area (Å²) in [6, 6.07) is 59.6. The minimum absolute atomic E-state index is 0.134. The molecule has 0 spiro atoms. The molecule has 1 heteroatoms. The van der Waals surface area contributed by atoms with E-state index in [1.54, 1.807) is 0 Å². The second-order valence-electron chi connectivity index (χ2n) is 12.2. The van der Waals surface area contributed by atoms with E-state index in [-0.39, 0.29) is 5.41 Å². The van der Waals surface area contributed by atoms with Gasteiger partial charge in [0.25, 0.3) is 0 Å². The summed E-state index contributed by atoms with van der Waals surface area (Å²) in [4.78, 5) is 2.47. The standard InChI is InChI=1S/C43H33N/c1-43(2)39-25-15-14-24-38(39)41-40(29-32-20-12-13-23-37(32)42(41)43)44(35-21-10-5-11-22-35)36-27-33(30-16-6-3-7-17-30)26-34(28-36)31-18-8-4-9-19-31/h3-29H,1-2H3. The highest BCUT2D eigenvalue weighted by Crippen LogP contribution is 2.56. The van der Waals surface area contributed by atoms with Crippen molar-refractivity contribution in [3.63, 3.8) is 0 Å². The van der Waals surface area contributed by atoms with Crippen molar-refractivity contribution in [2.45, 2.75) is 19.3 Å². The van der Waals surface area contributed by atoms with Crippen LogP contribution in [-0.2, 0) is 5.41 Å². The van der Waals surface area contributed by atoms with Gasteiger partial charge in [0.1, 0.15) is 0 Å². The van der Waals surface area contributed by atoms with Crippen LogP contribution in [-0.4, -0.2) is 0 Å². The second-order valence-corrected chi connectivity index (χ2v) is 12.2. The first-order chi connectivity index (χ1) is 21.6. The van der Waals surface area contributed by atoms with Gasteiger partial charge in [0, 0.05) is 22.4 Å². The van der Waals surface area contributed by atoms with Crippen LogP contribution in [0.1, 0.15) is 25.0 Å². The SMILES string of the molecule is CC1(C)c2ccccc2-c2c(N(c3ccccc3)c3cc(-c4ccccc4)cc(-c4ccccc4)c3)cc3ccccc3c21. The Morgan fingerprint density at radius 1 is 0.455 bits per heavy atom. The summed E-state index contributed by atoms with van der Waals surface area (Å²) in [5, 5.41) is 2.58. The van der Waals surface area contributed by atoms with Gasteiger partial charge in [-0.2, -0.15) is 0 Å². The maximum atomic E-state index is 2.47. The minimum Gasteiger partial charge on any atom is -0.310 e. The topological polar surface area (TPSA) is 3.24 Å². The summed E-state index contributed by atoms with van der Waals surface area (Å²) in [5.74, 6) is 0. The molecule has 210 valence electrons. The van der Waals surface area contributed by atoms with Crippen LogP contribution in [0.4, 0.5) is 17.1 Å². The monoisotopic (exact) mass is 563 g/mol. The molecule has 7 aromatic rings. The predicted molar refractivity (Wildman–Crippen MR) is 187 cm³/mol. The van der Waals surface area contributed by atoms with E-state index in [2.05, 4.69) is 183 Å². The third-order valence-corrected chi connectivity index (χ3v) is 9.17. The molecule has 0 N–H and O–H groups in total. The summed E-state index contributed by atoms with van der Waals surface area (Å²) in [5.41, 5.74) is 13.5. The number of hydrogen-bond acceptors (Lipinski definition) is 1. The number of hydrogen-bond donors (Lipinski definition) is 0. The molecule has 7 aromatic carbocycles. The Bertz CT molecular complexity index is 2070. The van der Waals surface area contributed by atoms with Crippen LogP contribution in [0.3, 0.4) is 0 Å². The Hall–Kier alpha value is -5.40. The molecule has 0 heterocycles. The van der Waals surface area contributed by atoms with Crippen LogP contribution in [0.25, 0.3) is 44.2 Å². The summed E-state index contributed by atoms with van der Waals surface area (Å²) in [6.45, 7) is 4.76. The van der Waals surface area contributed by atoms with E-state index in [0.29, 0.717) is 0 Å². The molecule has 1 aliphatic carbocycles. The Morgan fingerprint density at radius 2 is 1.00 bits per heavy atom. The van der Waals surface area contributed by atoms with Crippen molar-refractivity contribution in [2.24, 2.45) is 0 Å². The van der Waals surface area contributed by atoms with Crippen LogP contribution in [0, 0.1) is 0 Å². The lowest BCUT2D eigenvalue weighted by atomic mass is 9.80. The van der Waals surface area contributed by atoms with Crippen molar-refractivity contribution in [3.05, 3.63) is 175 Å². The first-order valence-electron chi connectivity index (χ1n) is 15.4. The van der Waals surface area contributed by atoms with Crippen LogP contribution in [0.5, 0.6) is 0 Å². The maximum absolute atomic E-state index is 2.47. The van der Waals surface area contributed by atoms with E-state index in [4.69, 9.17) is 0 Å². The van der Waals surface area contributed by atoms with Crippen LogP contribution >= 0.6 is 0 Å². The number of fused-ring (bicyclic) bond motifs is 5. The molecule has 44 heavy (non-hydrogen) atoms. The predicted octanol–water partition coefficient (Wildman–Crippen LogP) is 11.9. The normalized spacial score (nSPS) is 13.0. The lowest BCUT2D eigenvalue weighted by Gasteiger charge is -2.31. The molecule has 0 unspecified atom stereocenters. The van der Waals surface area contributed by atoms with Crippen molar-refractivity contribution in [3.8, 4) is 33.4 Å². The number of nitrogens with zero attached hydrogens (tertiary/aromatic N) is 1. The summed E-state index contributed by atoms with van der Waals surface area (Å²) < 4.78 is 0. The third-order valence-electron chi connectivity index (χ3n) is 9.17. The minimum atomic E-state index is -0.134. The average molecular weight is 564 g/mol. The van der Waals surface area contributed by atoms with Crippen molar-refractivity contribution in [2.75, 3.05) is 4.90 Å². The van der Waals surface area contributed by atoms with Gasteiger partial charge in [0.05, 0.1) is 5.69 Å². The molecule has 0 amide bonds. The Balaban J connectivity index is 1.48. The first kappa shape index (κ1) is 26.2. The summed E-state index contributed by atoms with van der Waals surface area (Å²) >= 11 is 0. The molecule has 0 radical (unpaired) electrons. The average Bonchev–Trinajstić information content (AvgIpc) is 3.33. The number of para-hydroxylation sites is 1. The van der Waals surface area contributed by atoms with Gasteiger partial charge < -0.3 is 4.90 Å². The molecular weight excluding hydrogens is 530 g/mol. The zero-order valence-corrected chi connectivity index (χ0v) is 25.0. The largest absolute Gasteiger partial charge is 0.310 e. The van der Waals surface area contributed by atoms with E-state index in [9.17, 15) is 0 Å². The molecule has 8 rings (SSSR count). The fourth-order valence-electron chi connectivity index (χ4n) is 7.15. The van der Waals surface area contributed by atoms with E-state index in [1.807, 2.05) is 0 Å². The molecule has 0 fully saturated rings. The first-order valence-corrected chi connectivity index (χ1v) is 15.4. The van der Waals surface area contributed by atoms with E-state index >= 15 is 0 Å². The zero-order valence-electron chi connectivity index (χ0n) is 25.0. The fraction of sp³-hybridized carbons (Fsp3) is 0.0698. The summed E-state index contributed by atoms with van der Waals surface area (Å²) in [7, 11) is 0. The maximum Gasteiger partial charge on any atom is 0.0549 e. The van der Waals surface area contributed by atoms with Gasteiger partial charge in [-0.15, -0.1) is 0 Å². The van der Waals surface area contributed by atoms with E-state index < -0.39 is 0 Å². The molecule has 0 saturated carbocycles. The molecule has 0 bridgehead atoms. The lowest BCUT2D eigenvalue weighted by molar-refractivity contribution is 0.666. The highest BCUT2D eigenvalue weighted by Gasteiger charge is 2.39. The zero-order chi connectivity index (χ0) is 29.7. The van der Waals surface area contributed by atoms with Crippen LogP contribution in [0.2, 0.25) is 0 Å². The highest BCUT2D eigenvalue weighted by molar-refractivity contribution is 6.06. The third kappa shape index (κ3) is 4.24. The highest BCUT2D eigenvalue weighted by atomic mass is 15.1. The van der Waals surface area contributed by atoms with Crippen molar-refractivity contribution < 1.29 is 0 Å². The van der Waals surface area contributed by atoms with E-state index in [0.717, 1.165) is 11.4 Å². The second kappa shape index (κ2) is 10.4. The Labute approximate surface area is 259 Å². The molecule has 0 atom stereocenters. The van der Waals surface area contributed by atoms with Gasteiger partial charge >= 0.3 is 0 Å². The fourth-order valence-corrected chi connectivity index (χ4v) is 7.15. The Kier molecular flexibility index (Phi) is 6.20. The van der Waals surface area contributed by atoms with Gasteiger partial charge in [0.15, 0.2) is 0 Å². The molecule has 0 aliphatic heterocycles. The molecule has 0 saturated heterocycles. The lowest BCUT2D eigenvalue weighted by Crippen LogP contribution is -2.17. The molecular formula is C43H33N. The van der Waals surface area contributed by atoms with Gasteiger partial charge in [-0.05, 0) is 86.1 Å².